The third kappa shape index (κ3) is 3.45. The van der Waals surface area contributed by atoms with Gasteiger partial charge in [-0.2, -0.15) is 0 Å². The largest absolute Gasteiger partial charge is 0.466 e. The maximum atomic E-state index is 11.2. The van der Waals surface area contributed by atoms with E-state index >= 15 is 0 Å². The molecule has 1 aromatic carbocycles. The highest BCUT2D eigenvalue weighted by Gasteiger charge is 2.27. The Morgan fingerprint density at radius 1 is 1.59 bits per heavy atom. The van der Waals surface area contributed by atoms with Gasteiger partial charge in [0.15, 0.2) is 0 Å². The number of ether oxygens (including phenoxy) is 2. The zero-order chi connectivity index (χ0) is 12.3. The van der Waals surface area contributed by atoms with E-state index in [0.29, 0.717) is 19.4 Å². The van der Waals surface area contributed by atoms with Crippen molar-refractivity contribution in [2.45, 2.75) is 25.9 Å². The van der Waals surface area contributed by atoms with Crippen molar-refractivity contribution >= 4 is 17.6 Å². The van der Waals surface area contributed by atoms with Gasteiger partial charge in [-0.05, 0) is 25.0 Å². The van der Waals surface area contributed by atoms with Crippen molar-refractivity contribution in [1.82, 2.24) is 0 Å². The molecule has 1 aliphatic heterocycles. The lowest BCUT2D eigenvalue weighted by atomic mass is 10.0. The molecule has 1 heterocycles. The van der Waals surface area contributed by atoms with Gasteiger partial charge in [0.05, 0.1) is 13.2 Å². The van der Waals surface area contributed by atoms with Crippen LogP contribution in [0.2, 0.25) is 5.02 Å². The normalized spacial score (nSPS) is 17.9. The molecule has 0 bridgehead atoms. The fourth-order valence-electron chi connectivity index (χ4n) is 1.70. The van der Waals surface area contributed by atoms with E-state index in [1.54, 1.807) is 0 Å². The van der Waals surface area contributed by atoms with Gasteiger partial charge in [0.2, 0.25) is 0 Å². The Hall–Kier alpha value is -1.06. The summed E-state index contributed by atoms with van der Waals surface area (Å²) >= 11 is 6.07. The molecule has 0 spiro atoms. The molecule has 0 aliphatic carbocycles. The molecule has 2 rings (SSSR count). The van der Waals surface area contributed by atoms with E-state index in [9.17, 15) is 4.79 Å². The molecule has 92 valence electrons. The van der Waals surface area contributed by atoms with E-state index in [0.717, 1.165) is 22.8 Å². The van der Waals surface area contributed by atoms with Gasteiger partial charge in [0.25, 0.3) is 0 Å². The molecule has 0 radical (unpaired) electrons. The minimum Gasteiger partial charge on any atom is -0.466 e. The first kappa shape index (κ1) is 12.4. The van der Waals surface area contributed by atoms with Crippen molar-refractivity contribution in [3.63, 3.8) is 0 Å². The van der Waals surface area contributed by atoms with Crippen molar-refractivity contribution in [3.8, 4) is 0 Å². The average Bonchev–Trinajstić information content (AvgIpc) is 3.12. The van der Waals surface area contributed by atoms with Crippen LogP contribution in [-0.4, -0.2) is 19.2 Å². The molecule has 1 aromatic rings. The second kappa shape index (κ2) is 5.52. The fraction of sp³-hybridized carbons (Fsp3) is 0.462. The van der Waals surface area contributed by atoms with E-state index in [1.165, 1.54) is 0 Å². The first-order valence-electron chi connectivity index (χ1n) is 5.76. The van der Waals surface area contributed by atoms with Gasteiger partial charge >= 0.3 is 5.97 Å². The Labute approximate surface area is 106 Å². The summed E-state index contributed by atoms with van der Waals surface area (Å²) in [6, 6.07) is 5.81. The zero-order valence-corrected chi connectivity index (χ0v) is 10.5. The second-order valence-electron chi connectivity index (χ2n) is 3.98. The molecule has 0 unspecified atom stereocenters. The standard InChI is InChI=1S/C13H15ClO3/c1-2-16-13(15)6-4-9-3-5-11(14)10(7-9)12-8-17-12/h3,5,7,12H,2,4,6,8H2,1H3/t12-/m1/s1. The summed E-state index contributed by atoms with van der Waals surface area (Å²) < 4.78 is 10.1. The number of esters is 1. The maximum Gasteiger partial charge on any atom is 0.306 e. The van der Waals surface area contributed by atoms with Crippen LogP contribution in [-0.2, 0) is 20.7 Å². The quantitative estimate of drug-likeness (QED) is 0.599. The van der Waals surface area contributed by atoms with Crippen LogP contribution in [0.3, 0.4) is 0 Å². The molecule has 0 N–H and O–H groups in total. The van der Waals surface area contributed by atoms with E-state index in [2.05, 4.69) is 0 Å². The molecule has 1 saturated heterocycles. The van der Waals surface area contributed by atoms with Crippen LogP contribution in [0, 0.1) is 0 Å². The number of hydrogen-bond donors (Lipinski definition) is 0. The maximum absolute atomic E-state index is 11.2. The summed E-state index contributed by atoms with van der Waals surface area (Å²) in [5.41, 5.74) is 2.11. The van der Waals surface area contributed by atoms with Crippen LogP contribution in [0.15, 0.2) is 18.2 Å². The lowest BCUT2D eigenvalue weighted by Gasteiger charge is -2.05. The van der Waals surface area contributed by atoms with Crippen molar-refractivity contribution in [2.75, 3.05) is 13.2 Å². The monoisotopic (exact) mass is 254 g/mol. The number of benzene rings is 1. The topological polar surface area (TPSA) is 38.8 Å². The molecule has 17 heavy (non-hydrogen) atoms. The Kier molecular flexibility index (Phi) is 4.02. The molecule has 0 saturated carbocycles. The minimum absolute atomic E-state index is 0.144. The van der Waals surface area contributed by atoms with Crippen LogP contribution in [0.5, 0.6) is 0 Å². The molecule has 0 aromatic heterocycles. The Morgan fingerprint density at radius 2 is 2.35 bits per heavy atom. The van der Waals surface area contributed by atoms with Gasteiger partial charge in [-0.3, -0.25) is 4.79 Å². The van der Waals surface area contributed by atoms with Crippen LogP contribution < -0.4 is 0 Å². The molecule has 0 amide bonds. The second-order valence-corrected chi connectivity index (χ2v) is 4.39. The van der Waals surface area contributed by atoms with Crippen molar-refractivity contribution < 1.29 is 14.3 Å². The summed E-state index contributed by atoms with van der Waals surface area (Å²) in [7, 11) is 0. The highest BCUT2D eigenvalue weighted by molar-refractivity contribution is 6.31. The van der Waals surface area contributed by atoms with Gasteiger partial charge in [0, 0.05) is 17.0 Å². The van der Waals surface area contributed by atoms with Crippen molar-refractivity contribution in [3.05, 3.63) is 34.3 Å². The Bertz CT molecular complexity index is 413. The zero-order valence-electron chi connectivity index (χ0n) is 9.74. The number of carbonyl (C=O) groups is 1. The molecular weight excluding hydrogens is 240 g/mol. The van der Waals surface area contributed by atoms with E-state index in [1.807, 2.05) is 25.1 Å². The van der Waals surface area contributed by atoms with E-state index in [4.69, 9.17) is 21.1 Å². The van der Waals surface area contributed by atoms with E-state index in [-0.39, 0.29) is 12.1 Å². The van der Waals surface area contributed by atoms with Gasteiger partial charge in [-0.25, -0.2) is 0 Å². The lowest BCUT2D eigenvalue weighted by Crippen LogP contribution is -2.05. The number of hydrogen-bond acceptors (Lipinski definition) is 3. The van der Waals surface area contributed by atoms with Gasteiger partial charge in [0.1, 0.15) is 6.10 Å². The highest BCUT2D eigenvalue weighted by Crippen LogP contribution is 2.35. The highest BCUT2D eigenvalue weighted by atomic mass is 35.5. The molecule has 3 nitrogen and oxygen atoms in total. The third-order valence-electron chi connectivity index (χ3n) is 2.66. The van der Waals surface area contributed by atoms with Gasteiger partial charge < -0.3 is 9.47 Å². The summed E-state index contributed by atoms with van der Waals surface area (Å²) in [6.45, 7) is 2.98. The summed E-state index contributed by atoms with van der Waals surface area (Å²) in [4.78, 5) is 11.2. The first-order valence-corrected chi connectivity index (χ1v) is 6.14. The predicted molar refractivity (Wildman–Crippen MR) is 65.1 cm³/mol. The molecule has 1 aliphatic rings. The Morgan fingerprint density at radius 3 is 3.00 bits per heavy atom. The average molecular weight is 255 g/mol. The minimum atomic E-state index is -0.160. The summed E-state index contributed by atoms with van der Waals surface area (Å²) in [5.74, 6) is -0.160. The van der Waals surface area contributed by atoms with Crippen LogP contribution in [0.1, 0.15) is 30.6 Å². The number of epoxide rings is 1. The number of halogens is 1. The smallest absolute Gasteiger partial charge is 0.306 e. The fourth-order valence-corrected chi connectivity index (χ4v) is 1.94. The van der Waals surface area contributed by atoms with Crippen molar-refractivity contribution in [2.24, 2.45) is 0 Å². The number of carbonyl (C=O) groups excluding carboxylic acids is 1. The number of aryl methyl sites for hydroxylation is 1. The predicted octanol–water partition coefficient (Wildman–Crippen LogP) is 2.91. The summed E-state index contributed by atoms with van der Waals surface area (Å²) in [6.07, 6.45) is 1.22. The van der Waals surface area contributed by atoms with Crippen LogP contribution >= 0.6 is 11.6 Å². The molecular formula is C13H15ClO3. The van der Waals surface area contributed by atoms with Gasteiger partial charge in [-0.15, -0.1) is 0 Å². The third-order valence-corrected chi connectivity index (χ3v) is 3.01. The SMILES string of the molecule is CCOC(=O)CCc1ccc(Cl)c([C@H]2CO2)c1. The molecule has 1 fully saturated rings. The Balaban J connectivity index is 1.96. The lowest BCUT2D eigenvalue weighted by molar-refractivity contribution is -0.143. The number of rotatable bonds is 5. The first-order chi connectivity index (χ1) is 8.20. The van der Waals surface area contributed by atoms with Crippen LogP contribution in [0.4, 0.5) is 0 Å². The molecule has 4 heteroatoms. The van der Waals surface area contributed by atoms with Crippen LogP contribution in [0.25, 0.3) is 0 Å². The summed E-state index contributed by atoms with van der Waals surface area (Å²) in [5, 5.41) is 0.729. The molecule has 1 atom stereocenters. The van der Waals surface area contributed by atoms with Gasteiger partial charge in [-0.1, -0.05) is 23.7 Å². The van der Waals surface area contributed by atoms with Crippen molar-refractivity contribution in [1.29, 1.82) is 0 Å². The van der Waals surface area contributed by atoms with E-state index < -0.39 is 0 Å².